The van der Waals surface area contributed by atoms with Crippen LogP contribution in [-0.2, 0) is 7.05 Å². The van der Waals surface area contributed by atoms with Crippen molar-refractivity contribution in [3.8, 4) is 0 Å². The number of aryl methyl sites for hydroxylation is 1. The van der Waals surface area contributed by atoms with Gasteiger partial charge in [-0.05, 0) is 27.3 Å². The van der Waals surface area contributed by atoms with Crippen LogP contribution in [0.3, 0.4) is 0 Å². The van der Waals surface area contributed by atoms with E-state index in [-0.39, 0.29) is 12.1 Å². The maximum absolute atomic E-state index is 6.42. The Hall–Kier alpha value is -0.910. The summed E-state index contributed by atoms with van der Waals surface area (Å²) in [6.45, 7) is 8.88. The Bertz CT molecular complexity index is 418. The summed E-state index contributed by atoms with van der Waals surface area (Å²) in [7, 11) is 4.18. The molecule has 1 aliphatic heterocycles. The van der Waals surface area contributed by atoms with Crippen molar-refractivity contribution < 1.29 is 0 Å². The number of hydrogen-bond acceptors (Lipinski definition) is 4. The first-order valence-electron chi connectivity index (χ1n) is 7.64. The fourth-order valence-corrected chi connectivity index (χ4v) is 3.22. The summed E-state index contributed by atoms with van der Waals surface area (Å²) in [4.78, 5) is 4.99. The van der Waals surface area contributed by atoms with Gasteiger partial charge in [0.2, 0.25) is 0 Å². The van der Waals surface area contributed by atoms with Gasteiger partial charge in [0.05, 0.1) is 12.2 Å². The lowest BCUT2D eigenvalue weighted by atomic mass is 9.96. The molecule has 4 unspecified atom stereocenters. The van der Waals surface area contributed by atoms with Crippen LogP contribution in [0.15, 0.2) is 12.4 Å². The molecule has 5 nitrogen and oxygen atoms in total. The van der Waals surface area contributed by atoms with Gasteiger partial charge < -0.3 is 5.73 Å². The predicted octanol–water partition coefficient (Wildman–Crippen LogP) is 1.22. The van der Waals surface area contributed by atoms with E-state index in [9.17, 15) is 0 Å². The Balaban J connectivity index is 2.23. The van der Waals surface area contributed by atoms with Gasteiger partial charge in [0.25, 0.3) is 0 Å². The summed E-state index contributed by atoms with van der Waals surface area (Å²) in [6.07, 6.45) is 5.05. The molecule has 1 fully saturated rings. The summed E-state index contributed by atoms with van der Waals surface area (Å²) < 4.78 is 1.87. The van der Waals surface area contributed by atoms with Crippen LogP contribution in [0.1, 0.15) is 38.8 Å². The molecule has 0 spiro atoms. The molecule has 0 saturated carbocycles. The first-order chi connectivity index (χ1) is 9.43. The van der Waals surface area contributed by atoms with Gasteiger partial charge in [0.15, 0.2) is 0 Å². The third-order valence-electron chi connectivity index (χ3n) is 4.72. The summed E-state index contributed by atoms with van der Waals surface area (Å²) in [5.74, 6) is 0. The number of aromatic nitrogens is 2. The highest BCUT2D eigenvalue weighted by atomic mass is 15.3. The predicted molar refractivity (Wildman–Crippen MR) is 82.5 cm³/mol. The molecule has 2 heterocycles. The molecule has 0 aliphatic carbocycles. The molecule has 114 valence electrons. The van der Waals surface area contributed by atoms with E-state index >= 15 is 0 Å². The first-order valence-corrected chi connectivity index (χ1v) is 7.64. The molecule has 0 radical (unpaired) electrons. The normalized spacial score (nSPS) is 28.5. The van der Waals surface area contributed by atoms with Crippen LogP contribution in [-0.4, -0.2) is 57.8 Å². The van der Waals surface area contributed by atoms with Gasteiger partial charge in [-0.3, -0.25) is 14.5 Å². The smallest absolute Gasteiger partial charge is 0.0538 e. The molecule has 4 atom stereocenters. The molecular formula is C15H29N5. The van der Waals surface area contributed by atoms with Gasteiger partial charge in [0, 0.05) is 50.0 Å². The van der Waals surface area contributed by atoms with Crippen molar-refractivity contribution in [2.75, 3.05) is 20.1 Å². The standard InChI is InChI=1S/C15H29N5/c1-6-14(16)15(13-7-17-18(4)10-13)20-8-11(2)19(5)12(3)9-20/h7,10-12,14-15H,6,8-9,16H2,1-5H3. The lowest BCUT2D eigenvalue weighted by Gasteiger charge is -2.46. The van der Waals surface area contributed by atoms with Crippen molar-refractivity contribution >= 4 is 0 Å². The third kappa shape index (κ3) is 3.05. The van der Waals surface area contributed by atoms with Gasteiger partial charge in [0.1, 0.15) is 0 Å². The maximum Gasteiger partial charge on any atom is 0.0538 e. The molecular weight excluding hydrogens is 250 g/mol. The van der Waals surface area contributed by atoms with Gasteiger partial charge in [-0.25, -0.2) is 0 Å². The molecule has 1 saturated heterocycles. The SMILES string of the molecule is CCC(N)C(c1cnn(C)c1)N1CC(C)N(C)C(C)C1. The van der Waals surface area contributed by atoms with Gasteiger partial charge in [-0.1, -0.05) is 6.92 Å². The van der Waals surface area contributed by atoms with Crippen LogP contribution >= 0.6 is 0 Å². The molecule has 5 heteroatoms. The number of hydrogen-bond donors (Lipinski definition) is 1. The van der Waals surface area contributed by atoms with Crippen LogP contribution in [0.25, 0.3) is 0 Å². The first kappa shape index (κ1) is 15.5. The molecule has 20 heavy (non-hydrogen) atoms. The highest BCUT2D eigenvalue weighted by Gasteiger charge is 2.34. The number of nitrogens with zero attached hydrogens (tertiary/aromatic N) is 4. The van der Waals surface area contributed by atoms with E-state index < -0.39 is 0 Å². The molecule has 0 amide bonds. The monoisotopic (exact) mass is 279 g/mol. The summed E-state index contributed by atoms with van der Waals surface area (Å²) in [5.41, 5.74) is 7.66. The minimum Gasteiger partial charge on any atom is -0.326 e. The van der Waals surface area contributed by atoms with E-state index in [2.05, 4.69) is 48.9 Å². The number of nitrogens with two attached hydrogens (primary N) is 1. The zero-order valence-electron chi connectivity index (χ0n) is 13.5. The molecule has 0 aromatic carbocycles. The van der Waals surface area contributed by atoms with E-state index in [4.69, 9.17) is 5.73 Å². The van der Waals surface area contributed by atoms with Crippen molar-refractivity contribution in [3.63, 3.8) is 0 Å². The van der Waals surface area contributed by atoms with Crippen molar-refractivity contribution in [3.05, 3.63) is 18.0 Å². The van der Waals surface area contributed by atoms with Crippen LogP contribution in [0.4, 0.5) is 0 Å². The zero-order chi connectivity index (χ0) is 14.9. The summed E-state index contributed by atoms with van der Waals surface area (Å²) in [5, 5.41) is 4.33. The van der Waals surface area contributed by atoms with Crippen LogP contribution in [0, 0.1) is 0 Å². The topological polar surface area (TPSA) is 50.3 Å². The fraction of sp³-hybridized carbons (Fsp3) is 0.800. The van der Waals surface area contributed by atoms with Crippen molar-refractivity contribution in [1.29, 1.82) is 0 Å². The Morgan fingerprint density at radius 2 is 1.90 bits per heavy atom. The molecule has 1 aromatic heterocycles. The van der Waals surface area contributed by atoms with E-state index in [1.165, 1.54) is 5.56 Å². The van der Waals surface area contributed by atoms with Crippen LogP contribution < -0.4 is 5.73 Å². The van der Waals surface area contributed by atoms with E-state index in [0.717, 1.165) is 19.5 Å². The second-order valence-corrected chi connectivity index (χ2v) is 6.28. The Morgan fingerprint density at radius 3 is 2.35 bits per heavy atom. The van der Waals surface area contributed by atoms with Gasteiger partial charge in [-0.2, -0.15) is 5.10 Å². The van der Waals surface area contributed by atoms with Crippen molar-refractivity contribution in [1.82, 2.24) is 19.6 Å². The molecule has 1 aliphatic rings. The van der Waals surface area contributed by atoms with Crippen molar-refractivity contribution in [2.45, 2.75) is 51.4 Å². The van der Waals surface area contributed by atoms with Gasteiger partial charge in [-0.15, -0.1) is 0 Å². The van der Waals surface area contributed by atoms with Crippen molar-refractivity contribution in [2.24, 2.45) is 12.8 Å². The second-order valence-electron chi connectivity index (χ2n) is 6.28. The lowest BCUT2D eigenvalue weighted by Crippen LogP contribution is -2.57. The number of piperazine rings is 1. The van der Waals surface area contributed by atoms with E-state index in [0.29, 0.717) is 12.1 Å². The third-order valence-corrected chi connectivity index (χ3v) is 4.72. The minimum absolute atomic E-state index is 0.155. The van der Waals surface area contributed by atoms with E-state index in [1.54, 1.807) is 0 Å². The van der Waals surface area contributed by atoms with Crippen LogP contribution in [0.5, 0.6) is 0 Å². The largest absolute Gasteiger partial charge is 0.326 e. The van der Waals surface area contributed by atoms with E-state index in [1.807, 2.05) is 17.9 Å². The lowest BCUT2D eigenvalue weighted by molar-refractivity contribution is 0.0254. The second kappa shape index (κ2) is 6.24. The highest BCUT2D eigenvalue weighted by molar-refractivity contribution is 5.14. The molecule has 2 rings (SSSR count). The summed E-state index contributed by atoms with van der Waals surface area (Å²) >= 11 is 0. The molecule has 0 bridgehead atoms. The number of rotatable bonds is 4. The zero-order valence-corrected chi connectivity index (χ0v) is 13.5. The Kier molecular flexibility index (Phi) is 4.83. The fourth-order valence-electron chi connectivity index (χ4n) is 3.22. The Morgan fingerprint density at radius 1 is 1.30 bits per heavy atom. The average Bonchev–Trinajstić information content (AvgIpc) is 2.82. The summed E-state index contributed by atoms with van der Waals surface area (Å²) in [6, 6.07) is 1.54. The number of likely N-dealkylation sites (N-methyl/N-ethyl adjacent to an activating group) is 1. The highest BCUT2D eigenvalue weighted by Crippen LogP contribution is 2.28. The maximum atomic E-state index is 6.42. The minimum atomic E-state index is 0.155. The average molecular weight is 279 g/mol. The molecule has 1 aromatic rings. The quantitative estimate of drug-likeness (QED) is 0.900. The van der Waals surface area contributed by atoms with Crippen LogP contribution in [0.2, 0.25) is 0 Å². The van der Waals surface area contributed by atoms with Gasteiger partial charge >= 0.3 is 0 Å². The molecule has 2 N–H and O–H groups in total. The Labute approximate surface area is 122 Å².